The van der Waals surface area contributed by atoms with Gasteiger partial charge < -0.3 is 15.4 Å². The predicted octanol–water partition coefficient (Wildman–Crippen LogP) is 4.87. The fraction of sp³-hybridized carbons (Fsp3) is 0.190. The number of hydrogen-bond donors (Lipinski definition) is 2. The Labute approximate surface area is 158 Å². The fourth-order valence-corrected chi connectivity index (χ4v) is 2.56. The smallest absolute Gasteiger partial charge is 0.337 e. The van der Waals surface area contributed by atoms with Crippen LogP contribution in [-0.4, -0.2) is 23.0 Å². The number of nitrogens with zero attached hydrogens (tertiary/aromatic N) is 2. The number of nitrogens with one attached hydrogen (secondary N) is 2. The largest absolute Gasteiger partial charge is 0.465 e. The molecule has 0 saturated carbocycles. The molecular weight excluding hydrogens is 340 g/mol. The van der Waals surface area contributed by atoms with Crippen molar-refractivity contribution in [1.82, 2.24) is 9.97 Å². The first-order chi connectivity index (χ1) is 13.0. The van der Waals surface area contributed by atoms with Gasteiger partial charge in [-0.15, -0.1) is 0 Å². The summed E-state index contributed by atoms with van der Waals surface area (Å²) in [6.07, 6.45) is 1.67. The van der Waals surface area contributed by atoms with Crippen molar-refractivity contribution in [2.75, 3.05) is 17.7 Å². The number of esters is 1. The van der Waals surface area contributed by atoms with E-state index in [1.807, 2.05) is 18.2 Å². The molecule has 2 aromatic carbocycles. The van der Waals surface area contributed by atoms with Gasteiger partial charge in [-0.2, -0.15) is 4.98 Å². The van der Waals surface area contributed by atoms with Crippen molar-refractivity contribution in [3.05, 3.63) is 71.9 Å². The summed E-state index contributed by atoms with van der Waals surface area (Å²) in [6, 6.07) is 17.0. The zero-order valence-electron chi connectivity index (χ0n) is 15.6. The van der Waals surface area contributed by atoms with Gasteiger partial charge in [-0.05, 0) is 47.9 Å². The highest BCUT2D eigenvalue weighted by Crippen LogP contribution is 2.21. The fourth-order valence-electron chi connectivity index (χ4n) is 2.56. The molecule has 0 fully saturated rings. The molecule has 3 rings (SSSR count). The molecule has 1 heterocycles. The van der Waals surface area contributed by atoms with E-state index in [0.29, 0.717) is 23.2 Å². The first kappa shape index (κ1) is 18.4. The molecule has 0 aliphatic carbocycles. The quantitative estimate of drug-likeness (QED) is 0.609. The number of aromatic nitrogens is 2. The minimum atomic E-state index is -0.381. The Morgan fingerprint density at radius 1 is 1.00 bits per heavy atom. The zero-order chi connectivity index (χ0) is 19.2. The monoisotopic (exact) mass is 362 g/mol. The second kappa shape index (κ2) is 8.31. The van der Waals surface area contributed by atoms with Crippen molar-refractivity contribution >= 4 is 29.1 Å². The highest BCUT2D eigenvalue weighted by atomic mass is 16.5. The lowest BCUT2D eigenvalue weighted by atomic mass is 10.0. The predicted molar refractivity (Wildman–Crippen MR) is 107 cm³/mol. The van der Waals surface area contributed by atoms with E-state index < -0.39 is 0 Å². The van der Waals surface area contributed by atoms with Gasteiger partial charge in [-0.3, -0.25) is 0 Å². The van der Waals surface area contributed by atoms with E-state index in [-0.39, 0.29) is 5.97 Å². The molecular formula is C21H22N4O2. The minimum Gasteiger partial charge on any atom is -0.465 e. The number of methoxy groups -OCH3 is 1. The molecule has 6 heteroatoms. The highest BCUT2D eigenvalue weighted by Gasteiger charge is 2.07. The maximum atomic E-state index is 11.7. The van der Waals surface area contributed by atoms with E-state index >= 15 is 0 Å². The molecule has 0 unspecified atom stereocenters. The summed E-state index contributed by atoms with van der Waals surface area (Å²) in [5.74, 6) is 1.21. The van der Waals surface area contributed by atoms with Crippen LogP contribution in [0.15, 0.2) is 60.8 Å². The molecule has 0 amide bonds. The number of carbonyl (C=O) groups is 1. The van der Waals surface area contributed by atoms with E-state index in [2.05, 4.69) is 46.6 Å². The Kier molecular flexibility index (Phi) is 5.66. The number of ether oxygens (including phenoxy) is 1. The summed E-state index contributed by atoms with van der Waals surface area (Å²) in [5, 5.41) is 6.37. The lowest BCUT2D eigenvalue weighted by molar-refractivity contribution is 0.0601. The van der Waals surface area contributed by atoms with Crippen LogP contribution in [-0.2, 0) is 4.74 Å². The number of anilines is 4. The molecule has 6 nitrogen and oxygen atoms in total. The van der Waals surface area contributed by atoms with Crippen LogP contribution in [0.25, 0.3) is 0 Å². The average molecular weight is 362 g/mol. The van der Waals surface area contributed by atoms with E-state index in [0.717, 1.165) is 11.4 Å². The molecule has 0 radical (unpaired) electrons. The van der Waals surface area contributed by atoms with Crippen molar-refractivity contribution in [1.29, 1.82) is 0 Å². The normalized spacial score (nSPS) is 10.5. The van der Waals surface area contributed by atoms with Crippen LogP contribution in [0.3, 0.4) is 0 Å². The molecule has 138 valence electrons. The van der Waals surface area contributed by atoms with Crippen LogP contribution in [0.4, 0.5) is 23.1 Å². The van der Waals surface area contributed by atoms with Crippen LogP contribution in [0.1, 0.15) is 35.7 Å². The van der Waals surface area contributed by atoms with E-state index in [9.17, 15) is 4.79 Å². The highest BCUT2D eigenvalue weighted by molar-refractivity contribution is 5.90. The van der Waals surface area contributed by atoms with Gasteiger partial charge in [-0.1, -0.05) is 32.0 Å². The van der Waals surface area contributed by atoms with Crippen LogP contribution in [0.5, 0.6) is 0 Å². The van der Waals surface area contributed by atoms with Gasteiger partial charge >= 0.3 is 5.97 Å². The van der Waals surface area contributed by atoms with Gasteiger partial charge in [0.1, 0.15) is 5.82 Å². The second-order valence-electron chi connectivity index (χ2n) is 6.36. The molecule has 0 aliphatic rings. The summed E-state index contributed by atoms with van der Waals surface area (Å²) in [6.45, 7) is 4.33. The Hall–Kier alpha value is -3.41. The molecule has 0 atom stereocenters. The Morgan fingerprint density at radius 2 is 1.78 bits per heavy atom. The van der Waals surface area contributed by atoms with E-state index in [1.165, 1.54) is 12.7 Å². The van der Waals surface area contributed by atoms with Crippen molar-refractivity contribution in [2.24, 2.45) is 0 Å². The maximum Gasteiger partial charge on any atom is 0.337 e. The zero-order valence-corrected chi connectivity index (χ0v) is 15.6. The van der Waals surface area contributed by atoms with Gasteiger partial charge in [0.2, 0.25) is 5.95 Å². The molecule has 1 aromatic heterocycles. The number of benzene rings is 2. The van der Waals surface area contributed by atoms with Gasteiger partial charge in [0, 0.05) is 17.6 Å². The summed E-state index contributed by atoms with van der Waals surface area (Å²) < 4.78 is 4.75. The van der Waals surface area contributed by atoms with Crippen LogP contribution in [0.2, 0.25) is 0 Å². The second-order valence-corrected chi connectivity index (χ2v) is 6.36. The van der Waals surface area contributed by atoms with Gasteiger partial charge in [0.15, 0.2) is 0 Å². The lowest BCUT2D eigenvalue weighted by Crippen LogP contribution is -2.03. The first-order valence-corrected chi connectivity index (χ1v) is 8.70. The molecule has 0 spiro atoms. The van der Waals surface area contributed by atoms with Crippen molar-refractivity contribution in [2.45, 2.75) is 19.8 Å². The van der Waals surface area contributed by atoms with Gasteiger partial charge in [0.05, 0.1) is 12.7 Å². The van der Waals surface area contributed by atoms with Crippen molar-refractivity contribution in [3.63, 3.8) is 0 Å². The Bertz CT molecular complexity index is 923. The Morgan fingerprint density at radius 3 is 2.48 bits per heavy atom. The summed E-state index contributed by atoms with van der Waals surface area (Å²) in [4.78, 5) is 20.4. The summed E-state index contributed by atoms with van der Waals surface area (Å²) in [5.41, 5.74) is 3.41. The molecule has 3 aromatic rings. The van der Waals surface area contributed by atoms with Crippen molar-refractivity contribution in [3.8, 4) is 0 Å². The van der Waals surface area contributed by atoms with Crippen LogP contribution in [0, 0.1) is 0 Å². The molecule has 27 heavy (non-hydrogen) atoms. The third-order valence-corrected chi connectivity index (χ3v) is 4.05. The number of rotatable bonds is 6. The summed E-state index contributed by atoms with van der Waals surface area (Å²) >= 11 is 0. The minimum absolute atomic E-state index is 0.381. The molecule has 2 N–H and O–H groups in total. The molecule has 0 saturated heterocycles. The van der Waals surface area contributed by atoms with E-state index in [1.54, 1.807) is 30.5 Å². The van der Waals surface area contributed by atoms with Crippen LogP contribution < -0.4 is 10.6 Å². The van der Waals surface area contributed by atoms with Crippen LogP contribution >= 0.6 is 0 Å². The lowest BCUT2D eigenvalue weighted by Gasteiger charge is -2.10. The first-order valence-electron chi connectivity index (χ1n) is 8.70. The maximum absolute atomic E-state index is 11.7. The third kappa shape index (κ3) is 4.82. The molecule has 0 bridgehead atoms. The SMILES string of the molecule is COC(=O)c1cccc(Nc2ccnc(Nc3ccc(C(C)C)cc3)n2)c1. The topological polar surface area (TPSA) is 76.1 Å². The van der Waals surface area contributed by atoms with Crippen molar-refractivity contribution < 1.29 is 9.53 Å². The average Bonchev–Trinajstić information content (AvgIpc) is 2.68. The standard InChI is InChI=1S/C21H22N4O2/c1-14(2)15-7-9-17(10-8-15)24-21-22-12-11-19(25-21)23-18-6-4-5-16(13-18)20(26)27-3/h4-14H,1-3H3,(H2,22,23,24,25). The number of hydrogen-bond acceptors (Lipinski definition) is 6. The van der Waals surface area contributed by atoms with Gasteiger partial charge in [0.25, 0.3) is 0 Å². The third-order valence-electron chi connectivity index (χ3n) is 4.05. The summed E-state index contributed by atoms with van der Waals surface area (Å²) in [7, 11) is 1.36. The van der Waals surface area contributed by atoms with E-state index in [4.69, 9.17) is 4.74 Å². The van der Waals surface area contributed by atoms with Gasteiger partial charge in [-0.25, -0.2) is 9.78 Å². The number of carbonyl (C=O) groups excluding carboxylic acids is 1. The Balaban J connectivity index is 1.73. The molecule has 0 aliphatic heterocycles.